The Kier molecular flexibility index (Phi) is 5.99. The molecule has 2 aromatic rings. The monoisotopic (exact) mass is 338 g/mol. The summed E-state index contributed by atoms with van der Waals surface area (Å²) >= 11 is 0. The second-order valence-electron chi connectivity index (χ2n) is 6.72. The molecule has 0 unspecified atom stereocenters. The lowest BCUT2D eigenvalue weighted by Crippen LogP contribution is -2.45. The summed E-state index contributed by atoms with van der Waals surface area (Å²) in [6.45, 7) is 3.86. The van der Waals surface area contributed by atoms with Crippen molar-refractivity contribution in [2.75, 3.05) is 18.0 Å². The first kappa shape index (κ1) is 17.4. The van der Waals surface area contributed by atoms with E-state index in [0.717, 1.165) is 44.7 Å². The highest BCUT2D eigenvalue weighted by molar-refractivity contribution is 5.76. The normalized spacial score (nSPS) is 15.2. The third kappa shape index (κ3) is 5.28. The number of aryl methyl sites for hydroxylation is 2. The van der Waals surface area contributed by atoms with Crippen LogP contribution in [0.25, 0.3) is 0 Å². The third-order valence-electron chi connectivity index (χ3n) is 4.68. The predicted molar refractivity (Wildman–Crippen MR) is 99.5 cm³/mol. The zero-order valence-electron chi connectivity index (χ0n) is 14.8. The molecule has 1 N–H and O–H groups in total. The molecular formula is C20H26N4O. The molecule has 3 rings (SSSR count). The van der Waals surface area contributed by atoms with Crippen molar-refractivity contribution in [3.63, 3.8) is 0 Å². The zero-order chi connectivity index (χ0) is 17.5. The molecule has 25 heavy (non-hydrogen) atoms. The zero-order valence-corrected chi connectivity index (χ0v) is 14.8. The quantitative estimate of drug-likeness (QED) is 0.880. The van der Waals surface area contributed by atoms with Crippen molar-refractivity contribution >= 4 is 11.9 Å². The maximum atomic E-state index is 12.2. The van der Waals surface area contributed by atoms with Gasteiger partial charge in [-0.15, -0.1) is 0 Å². The first-order chi connectivity index (χ1) is 12.2. The van der Waals surface area contributed by atoms with E-state index in [-0.39, 0.29) is 11.9 Å². The Bertz CT molecular complexity index is 664. The average molecular weight is 338 g/mol. The molecule has 0 bridgehead atoms. The fourth-order valence-corrected chi connectivity index (χ4v) is 3.19. The molecule has 1 aromatic heterocycles. The summed E-state index contributed by atoms with van der Waals surface area (Å²) in [6, 6.07) is 10.6. The molecule has 1 saturated heterocycles. The molecular weight excluding hydrogens is 312 g/mol. The van der Waals surface area contributed by atoms with Crippen molar-refractivity contribution in [3.8, 4) is 0 Å². The molecule has 0 aliphatic carbocycles. The second kappa shape index (κ2) is 8.60. The van der Waals surface area contributed by atoms with Crippen LogP contribution in [0.2, 0.25) is 0 Å². The average Bonchev–Trinajstić information content (AvgIpc) is 2.65. The lowest BCUT2D eigenvalue weighted by atomic mass is 10.0. The van der Waals surface area contributed by atoms with Gasteiger partial charge in [-0.3, -0.25) is 4.79 Å². The lowest BCUT2D eigenvalue weighted by molar-refractivity contribution is -0.122. The third-order valence-corrected chi connectivity index (χ3v) is 4.68. The van der Waals surface area contributed by atoms with Crippen LogP contribution in [0.15, 0.2) is 42.7 Å². The number of piperidine rings is 1. The number of anilines is 1. The fourth-order valence-electron chi connectivity index (χ4n) is 3.19. The van der Waals surface area contributed by atoms with Crippen molar-refractivity contribution in [1.29, 1.82) is 0 Å². The number of nitrogens with zero attached hydrogens (tertiary/aromatic N) is 3. The van der Waals surface area contributed by atoms with Gasteiger partial charge >= 0.3 is 0 Å². The van der Waals surface area contributed by atoms with E-state index in [9.17, 15) is 4.79 Å². The molecule has 2 heterocycles. The summed E-state index contributed by atoms with van der Waals surface area (Å²) in [4.78, 5) is 22.9. The van der Waals surface area contributed by atoms with Gasteiger partial charge in [-0.2, -0.15) is 0 Å². The van der Waals surface area contributed by atoms with Gasteiger partial charge in [0.2, 0.25) is 11.9 Å². The molecule has 0 spiro atoms. The number of aromatic nitrogens is 2. The van der Waals surface area contributed by atoms with Crippen LogP contribution in [0, 0.1) is 6.92 Å². The summed E-state index contributed by atoms with van der Waals surface area (Å²) in [5, 5.41) is 3.18. The molecule has 5 heteroatoms. The maximum absolute atomic E-state index is 12.2. The molecule has 1 aliphatic heterocycles. The number of rotatable bonds is 6. The first-order valence-corrected chi connectivity index (χ1v) is 9.07. The van der Waals surface area contributed by atoms with Gasteiger partial charge < -0.3 is 10.2 Å². The van der Waals surface area contributed by atoms with Gasteiger partial charge in [-0.1, -0.05) is 29.8 Å². The number of benzene rings is 1. The number of amides is 1. The van der Waals surface area contributed by atoms with Crippen LogP contribution in [0.4, 0.5) is 5.95 Å². The largest absolute Gasteiger partial charge is 0.353 e. The van der Waals surface area contributed by atoms with Crippen molar-refractivity contribution in [3.05, 3.63) is 53.9 Å². The molecule has 0 radical (unpaired) electrons. The molecule has 0 atom stereocenters. The van der Waals surface area contributed by atoms with E-state index in [0.29, 0.717) is 6.42 Å². The molecule has 5 nitrogen and oxygen atoms in total. The fraction of sp³-hybridized carbons (Fsp3) is 0.450. The molecule has 1 aliphatic rings. The van der Waals surface area contributed by atoms with Gasteiger partial charge in [0.15, 0.2) is 0 Å². The summed E-state index contributed by atoms with van der Waals surface area (Å²) in [5.74, 6) is 0.951. The van der Waals surface area contributed by atoms with E-state index < -0.39 is 0 Å². The highest BCUT2D eigenvalue weighted by Crippen LogP contribution is 2.15. The predicted octanol–water partition coefficient (Wildman–Crippen LogP) is 2.89. The standard InChI is InChI=1S/C20H26N4O/c1-16-6-8-17(9-7-16)4-2-5-19(25)23-18-10-14-24(15-11-18)20-21-12-3-13-22-20/h3,6-9,12-13,18H,2,4-5,10-11,14-15H2,1H3,(H,23,25). The number of hydrogen-bond donors (Lipinski definition) is 1. The smallest absolute Gasteiger partial charge is 0.225 e. The summed E-state index contributed by atoms with van der Waals surface area (Å²) in [6.07, 6.45) is 7.87. The van der Waals surface area contributed by atoms with Crippen LogP contribution in [0.5, 0.6) is 0 Å². The van der Waals surface area contributed by atoms with E-state index >= 15 is 0 Å². The van der Waals surface area contributed by atoms with E-state index in [1.54, 1.807) is 12.4 Å². The van der Waals surface area contributed by atoms with Crippen molar-refractivity contribution in [2.45, 2.75) is 45.1 Å². The van der Waals surface area contributed by atoms with E-state index in [2.05, 4.69) is 51.4 Å². The summed E-state index contributed by atoms with van der Waals surface area (Å²) in [5.41, 5.74) is 2.57. The van der Waals surface area contributed by atoms with E-state index in [4.69, 9.17) is 0 Å². The van der Waals surface area contributed by atoms with Crippen molar-refractivity contribution in [2.24, 2.45) is 0 Å². The Morgan fingerprint density at radius 2 is 1.84 bits per heavy atom. The van der Waals surface area contributed by atoms with Gasteiger partial charge in [0.25, 0.3) is 0 Å². The first-order valence-electron chi connectivity index (χ1n) is 9.07. The number of hydrogen-bond acceptors (Lipinski definition) is 4. The number of nitrogens with one attached hydrogen (secondary N) is 1. The van der Waals surface area contributed by atoms with Crippen LogP contribution >= 0.6 is 0 Å². The van der Waals surface area contributed by atoms with Crippen LogP contribution in [0.1, 0.15) is 36.8 Å². The van der Waals surface area contributed by atoms with Crippen LogP contribution < -0.4 is 10.2 Å². The lowest BCUT2D eigenvalue weighted by Gasteiger charge is -2.32. The van der Waals surface area contributed by atoms with E-state index in [1.807, 2.05) is 6.07 Å². The minimum absolute atomic E-state index is 0.168. The van der Waals surface area contributed by atoms with Crippen LogP contribution in [-0.2, 0) is 11.2 Å². The summed E-state index contributed by atoms with van der Waals surface area (Å²) < 4.78 is 0. The number of carbonyl (C=O) groups is 1. The van der Waals surface area contributed by atoms with Gasteiger partial charge in [0, 0.05) is 37.9 Å². The molecule has 0 saturated carbocycles. The Morgan fingerprint density at radius 1 is 1.16 bits per heavy atom. The number of carbonyl (C=O) groups excluding carboxylic acids is 1. The van der Waals surface area contributed by atoms with Gasteiger partial charge in [0.1, 0.15) is 0 Å². The van der Waals surface area contributed by atoms with Gasteiger partial charge in [-0.05, 0) is 44.2 Å². The van der Waals surface area contributed by atoms with Crippen LogP contribution in [0.3, 0.4) is 0 Å². The van der Waals surface area contributed by atoms with Gasteiger partial charge in [-0.25, -0.2) is 9.97 Å². The Balaban J connectivity index is 1.35. The highest BCUT2D eigenvalue weighted by atomic mass is 16.1. The topological polar surface area (TPSA) is 58.1 Å². The maximum Gasteiger partial charge on any atom is 0.225 e. The SMILES string of the molecule is Cc1ccc(CCCC(=O)NC2CCN(c3ncccn3)CC2)cc1. The molecule has 132 valence electrons. The Hall–Kier alpha value is -2.43. The second-order valence-corrected chi connectivity index (χ2v) is 6.72. The van der Waals surface area contributed by atoms with Crippen molar-refractivity contribution in [1.82, 2.24) is 15.3 Å². The van der Waals surface area contributed by atoms with Gasteiger partial charge in [0.05, 0.1) is 0 Å². The molecule has 1 fully saturated rings. The molecule has 1 aromatic carbocycles. The molecule has 1 amide bonds. The Labute approximate surface area is 149 Å². The van der Waals surface area contributed by atoms with Crippen molar-refractivity contribution < 1.29 is 4.79 Å². The minimum atomic E-state index is 0.168. The highest BCUT2D eigenvalue weighted by Gasteiger charge is 2.21. The summed E-state index contributed by atoms with van der Waals surface area (Å²) in [7, 11) is 0. The van der Waals surface area contributed by atoms with E-state index in [1.165, 1.54) is 11.1 Å². The minimum Gasteiger partial charge on any atom is -0.353 e. The Morgan fingerprint density at radius 3 is 2.52 bits per heavy atom. The van der Waals surface area contributed by atoms with Crippen LogP contribution in [-0.4, -0.2) is 35.0 Å².